The number of oxazole rings is 1. The summed E-state index contributed by atoms with van der Waals surface area (Å²) in [4.78, 5) is 26.5. The third-order valence-electron chi connectivity index (χ3n) is 4.28. The van der Waals surface area contributed by atoms with Crippen molar-refractivity contribution in [2.75, 3.05) is 0 Å². The van der Waals surface area contributed by atoms with Gasteiger partial charge in [-0.05, 0) is 42.5 Å². The smallest absolute Gasteiger partial charge is 0.308 e. The molecule has 0 fully saturated rings. The first-order valence-corrected chi connectivity index (χ1v) is 9.11. The molecule has 0 bridgehead atoms. The summed E-state index contributed by atoms with van der Waals surface area (Å²) >= 11 is 5.85. The van der Waals surface area contributed by atoms with Crippen LogP contribution in [0.15, 0.2) is 63.4 Å². The number of nitro benzene ring substituents is 1. The number of rotatable bonds is 6. The largest absolute Gasteiger partial charge is 0.481 e. The Labute approximate surface area is 174 Å². The van der Waals surface area contributed by atoms with Gasteiger partial charge in [-0.15, -0.1) is 0 Å². The Morgan fingerprint density at radius 2 is 1.97 bits per heavy atom. The number of hydrogen-bond acceptors (Lipinski definition) is 6. The average molecular weight is 425 g/mol. The van der Waals surface area contributed by atoms with Crippen LogP contribution in [0, 0.1) is 10.1 Å². The number of hydrogen-bond donors (Lipinski definition) is 1. The average Bonchev–Trinajstić information content (AvgIpc) is 3.33. The lowest BCUT2D eigenvalue weighted by molar-refractivity contribution is -0.384. The molecule has 0 unspecified atom stereocenters. The molecule has 0 aliphatic heterocycles. The second kappa shape index (κ2) is 7.84. The number of benzene rings is 2. The molecule has 0 saturated heterocycles. The van der Waals surface area contributed by atoms with Gasteiger partial charge in [-0.1, -0.05) is 23.7 Å². The molecule has 0 spiro atoms. The van der Waals surface area contributed by atoms with E-state index in [2.05, 4.69) is 4.98 Å². The lowest BCUT2D eigenvalue weighted by Gasteiger charge is -2.01. The van der Waals surface area contributed by atoms with E-state index in [0.29, 0.717) is 22.4 Å². The van der Waals surface area contributed by atoms with Crippen molar-refractivity contribution in [3.05, 3.63) is 81.4 Å². The number of aromatic nitrogens is 1. The van der Waals surface area contributed by atoms with Crippen molar-refractivity contribution in [1.82, 2.24) is 4.98 Å². The predicted molar refractivity (Wildman–Crippen MR) is 110 cm³/mol. The SMILES string of the molecule is O=C(O)C/C(=C/c1ccc(-c2ccc(Cl)cc2[N+](=O)[O-])o1)c1nc2ccccc2o1. The van der Waals surface area contributed by atoms with Crippen LogP contribution in [-0.2, 0) is 4.79 Å². The van der Waals surface area contributed by atoms with E-state index in [1.165, 1.54) is 24.3 Å². The van der Waals surface area contributed by atoms with Crippen molar-refractivity contribution in [1.29, 1.82) is 0 Å². The van der Waals surface area contributed by atoms with Gasteiger partial charge >= 0.3 is 5.97 Å². The molecule has 2 aromatic heterocycles. The number of halogens is 1. The highest BCUT2D eigenvalue weighted by molar-refractivity contribution is 6.30. The normalized spacial score (nSPS) is 11.7. The highest BCUT2D eigenvalue weighted by Gasteiger charge is 2.20. The van der Waals surface area contributed by atoms with Crippen LogP contribution in [0.5, 0.6) is 0 Å². The summed E-state index contributed by atoms with van der Waals surface area (Å²) in [5.41, 5.74) is 1.48. The van der Waals surface area contributed by atoms with Gasteiger partial charge in [0.2, 0.25) is 5.89 Å². The van der Waals surface area contributed by atoms with Crippen LogP contribution in [0.25, 0.3) is 34.1 Å². The molecule has 2 aromatic carbocycles. The van der Waals surface area contributed by atoms with Crippen molar-refractivity contribution in [3.8, 4) is 11.3 Å². The molecule has 150 valence electrons. The maximum absolute atomic E-state index is 11.3. The van der Waals surface area contributed by atoms with Crippen LogP contribution in [0.1, 0.15) is 18.1 Å². The Bertz CT molecular complexity index is 1270. The number of para-hydroxylation sites is 2. The second-order valence-electron chi connectivity index (χ2n) is 6.35. The number of nitro groups is 1. The topological polar surface area (TPSA) is 120 Å². The fraction of sp³-hybridized carbons (Fsp3) is 0.0476. The first kappa shape index (κ1) is 19.4. The second-order valence-corrected chi connectivity index (χ2v) is 6.78. The molecule has 0 aliphatic rings. The standard InChI is InChI=1S/C21H13ClN2O6/c22-13-5-7-15(17(11-13)24(27)28)18-8-6-14(29-18)9-12(10-20(25)26)21-23-16-3-1-2-4-19(16)30-21/h1-9,11H,10H2,(H,25,26)/b12-9-. The quantitative estimate of drug-likeness (QED) is 0.313. The van der Waals surface area contributed by atoms with Crippen LogP contribution < -0.4 is 0 Å². The molecule has 4 aromatic rings. The van der Waals surface area contributed by atoms with Gasteiger partial charge < -0.3 is 13.9 Å². The third kappa shape index (κ3) is 3.94. The van der Waals surface area contributed by atoms with Crippen LogP contribution >= 0.6 is 11.6 Å². The van der Waals surface area contributed by atoms with Gasteiger partial charge in [0.1, 0.15) is 17.0 Å². The van der Waals surface area contributed by atoms with Gasteiger partial charge in [0.05, 0.1) is 16.9 Å². The third-order valence-corrected chi connectivity index (χ3v) is 4.51. The van der Waals surface area contributed by atoms with Gasteiger partial charge in [0.25, 0.3) is 5.69 Å². The minimum Gasteiger partial charge on any atom is -0.481 e. The summed E-state index contributed by atoms with van der Waals surface area (Å²) in [5, 5.41) is 20.8. The Hall–Kier alpha value is -3.91. The maximum atomic E-state index is 11.3. The highest BCUT2D eigenvalue weighted by Crippen LogP contribution is 2.34. The number of carboxylic acids is 1. The van der Waals surface area contributed by atoms with Crippen molar-refractivity contribution in [3.63, 3.8) is 0 Å². The molecule has 1 N–H and O–H groups in total. The van der Waals surface area contributed by atoms with E-state index < -0.39 is 10.9 Å². The van der Waals surface area contributed by atoms with Crippen molar-refractivity contribution in [2.24, 2.45) is 0 Å². The van der Waals surface area contributed by atoms with E-state index in [1.807, 2.05) is 0 Å². The van der Waals surface area contributed by atoms with Crippen LogP contribution in [0.4, 0.5) is 5.69 Å². The molecule has 0 amide bonds. The lowest BCUT2D eigenvalue weighted by Crippen LogP contribution is -1.97. The maximum Gasteiger partial charge on any atom is 0.308 e. The first-order chi connectivity index (χ1) is 14.4. The molecule has 0 radical (unpaired) electrons. The Balaban J connectivity index is 1.75. The van der Waals surface area contributed by atoms with Gasteiger partial charge in [0, 0.05) is 16.7 Å². The zero-order chi connectivity index (χ0) is 21.3. The molecule has 0 saturated carbocycles. The minimum absolute atomic E-state index is 0.161. The van der Waals surface area contributed by atoms with E-state index in [0.717, 1.165) is 0 Å². The molecular weight excluding hydrogens is 412 g/mol. The van der Waals surface area contributed by atoms with E-state index in [4.69, 9.17) is 20.4 Å². The Morgan fingerprint density at radius 3 is 2.70 bits per heavy atom. The molecule has 9 heteroatoms. The summed E-state index contributed by atoms with van der Waals surface area (Å²) < 4.78 is 11.4. The van der Waals surface area contributed by atoms with Gasteiger partial charge in [-0.3, -0.25) is 14.9 Å². The Morgan fingerprint density at radius 1 is 1.17 bits per heavy atom. The summed E-state index contributed by atoms with van der Waals surface area (Å²) in [7, 11) is 0. The van der Waals surface area contributed by atoms with Gasteiger partial charge in [0.15, 0.2) is 5.58 Å². The number of nitrogens with zero attached hydrogens (tertiary/aromatic N) is 2. The summed E-state index contributed by atoms with van der Waals surface area (Å²) in [6, 6.07) is 14.5. The van der Waals surface area contributed by atoms with Crippen molar-refractivity contribution < 1.29 is 23.7 Å². The number of carbonyl (C=O) groups is 1. The molecule has 2 heterocycles. The summed E-state index contributed by atoms with van der Waals surface area (Å²) in [5.74, 6) is -0.359. The summed E-state index contributed by atoms with van der Waals surface area (Å²) in [6.07, 6.45) is 1.15. The van der Waals surface area contributed by atoms with Gasteiger partial charge in [-0.25, -0.2) is 4.98 Å². The van der Waals surface area contributed by atoms with E-state index in [-0.39, 0.29) is 34.3 Å². The summed E-state index contributed by atoms with van der Waals surface area (Å²) in [6.45, 7) is 0. The van der Waals surface area contributed by atoms with Crippen LogP contribution in [0.2, 0.25) is 5.02 Å². The monoisotopic (exact) mass is 424 g/mol. The highest BCUT2D eigenvalue weighted by atomic mass is 35.5. The number of fused-ring (bicyclic) bond motifs is 1. The van der Waals surface area contributed by atoms with Crippen molar-refractivity contribution in [2.45, 2.75) is 6.42 Å². The van der Waals surface area contributed by atoms with E-state index in [9.17, 15) is 20.0 Å². The fourth-order valence-electron chi connectivity index (χ4n) is 2.97. The molecule has 4 rings (SSSR count). The lowest BCUT2D eigenvalue weighted by atomic mass is 10.1. The molecule has 0 atom stereocenters. The minimum atomic E-state index is -1.07. The molecular formula is C21H13ClN2O6. The number of aliphatic carboxylic acids is 1. The molecule has 0 aliphatic carbocycles. The van der Waals surface area contributed by atoms with Crippen molar-refractivity contribution >= 4 is 46.0 Å². The fourth-order valence-corrected chi connectivity index (χ4v) is 3.14. The first-order valence-electron chi connectivity index (χ1n) is 8.73. The molecule has 30 heavy (non-hydrogen) atoms. The zero-order valence-electron chi connectivity index (χ0n) is 15.2. The van der Waals surface area contributed by atoms with E-state index in [1.54, 1.807) is 36.4 Å². The molecule has 8 nitrogen and oxygen atoms in total. The predicted octanol–water partition coefficient (Wildman–Crippen LogP) is 5.66. The van der Waals surface area contributed by atoms with Crippen LogP contribution in [0.3, 0.4) is 0 Å². The van der Waals surface area contributed by atoms with Gasteiger partial charge in [-0.2, -0.15) is 0 Å². The zero-order valence-corrected chi connectivity index (χ0v) is 16.0. The number of furan rings is 1. The van der Waals surface area contributed by atoms with E-state index >= 15 is 0 Å². The van der Waals surface area contributed by atoms with Crippen LogP contribution in [-0.4, -0.2) is 21.0 Å². The number of carboxylic acid groups (broad SMARTS) is 1. The Kier molecular flexibility index (Phi) is 5.07.